The van der Waals surface area contributed by atoms with Crippen LogP contribution in [0.1, 0.15) is 54.4 Å². The van der Waals surface area contributed by atoms with Gasteiger partial charge in [0.25, 0.3) is 5.91 Å². The highest BCUT2D eigenvalue weighted by Gasteiger charge is 2.13. The molecule has 2 N–H and O–H groups in total. The number of aromatic hydroxyl groups is 1. The summed E-state index contributed by atoms with van der Waals surface area (Å²) in [6.07, 6.45) is 7.77. The highest BCUT2D eigenvalue weighted by Crippen LogP contribution is 2.25. The number of hydrogen-bond donors (Lipinski definition) is 2. The van der Waals surface area contributed by atoms with E-state index in [9.17, 15) is 9.90 Å². The zero-order valence-corrected chi connectivity index (χ0v) is 11.6. The van der Waals surface area contributed by atoms with E-state index in [0.717, 1.165) is 24.4 Å². The van der Waals surface area contributed by atoms with E-state index >= 15 is 0 Å². The number of benzene rings is 1. The zero-order valence-electron chi connectivity index (χ0n) is 11.6. The molecule has 1 aromatic carbocycles. The molecular weight excluding hydrogens is 238 g/mol. The summed E-state index contributed by atoms with van der Waals surface area (Å²) < 4.78 is 0. The number of phenolic OH excluding ortho intramolecular Hbond substituents is 1. The predicted molar refractivity (Wildman–Crippen MR) is 76.4 cm³/mol. The Balaban J connectivity index is 1.78. The third kappa shape index (κ3) is 3.98. The largest absolute Gasteiger partial charge is 0.508 e. The molecule has 0 radical (unpaired) electrons. The molecule has 1 aromatic rings. The van der Waals surface area contributed by atoms with Crippen molar-refractivity contribution in [3.05, 3.63) is 29.3 Å². The van der Waals surface area contributed by atoms with Crippen molar-refractivity contribution in [2.75, 3.05) is 6.54 Å². The highest BCUT2D eigenvalue weighted by atomic mass is 16.3. The molecule has 19 heavy (non-hydrogen) atoms. The number of aryl methyl sites for hydroxylation is 1. The number of hydrogen-bond acceptors (Lipinski definition) is 2. The number of nitrogens with one attached hydrogen (secondary N) is 1. The monoisotopic (exact) mass is 261 g/mol. The minimum absolute atomic E-state index is 0.0427. The van der Waals surface area contributed by atoms with E-state index in [1.54, 1.807) is 25.1 Å². The van der Waals surface area contributed by atoms with Gasteiger partial charge in [-0.05, 0) is 43.0 Å². The molecule has 1 aliphatic rings. The maximum atomic E-state index is 12.0. The summed E-state index contributed by atoms with van der Waals surface area (Å²) >= 11 is 0. The lowest BCUT2D eigenvalue weighted by Gasteiger charge is -2.21. The summed E-state index contributed by atoms with van der Waals surface area (Å²) in [5.41, 5.74) is 1.36. The SMILES string of the molecule is Cc1cc(C(=O)NCCC2CCCCC2)ccc1O. The summed E-state index contributed by atoms with van der Waals surface area (Å²) in [7, 11) is 0. The summed E-state index contributed by atoms with van der Waals surface area (Å²) in [4.78, 5) is 12.0. The Morgan fingerprint density at radius 3 is 2.74 bits per heavy atom. The van der Waals surface area contributed by atoms with Gasteiger partial charge in [0.1, 0.15) is 5.75 Å². The topological polar surface area (TPSA) is 49.3 Å². The van der Waals surface area contributed by atoms with Crippen LogP contribution in [-0.2, 0) is 0 Å². The van der Waals surface area contributed by atoms with Crippen LogP contribution in [0.4, 0.5) is 0 Å². The van der Waals surface area contributed by atoms with Crippen LogP contribution < -0.4 is 5.32 Å². The third-order valence-corrected chi connectivity index (χ3v) is 4.02. The molecule has 1 fully saturated rings. The van der Waals surface area contributed by atoms with E-state index in [1.807, 2.05) is 0 Å². The molecule has 0 bridgehead atoms. The predicted octanol–water partition coefficient (Wildman–Crippen LogP) is 3.40. The lowest BCUT2D eigenvalue weighted by Crippen LogP contribution is -2.26. The Labute approximate surface area is 115 Å². The van der Waals surface area contributed by atoms with Crippen molar-refractivity contribution in [2.45, 2.75) is 45.4 Å². The van der Waals surface area contributed by atoms with E-state index in [2.05, 4.69) is 5.32 Å². The summed E-state index contributed by atoms with van der Waals surface area (Å²) in [5.74, 6) is 0.980. The third-order valence-electron chi connectivity index (χ3n) is 4.02. The quantitative estimate of drug-likeness (QED) is 0.872. The number of carbonyl (C=O) groups excluding carboxylic acids is 1. The van der Waals surface area contributed by atoms with Crippen LogP contribution in [0.3, 0.4) is 0 Å². The first kappa shape index (κ1) is 13.9. The Morgan fingerprint density at radius 2 is 2.05 bits per heavy atom. The smallest absolute Gasteiger partial charge is 0.251 e. The molecular formula is C16H23NO2. The van der Waals surface area contributed by atoms with Crippen LogP contribution in [0.2, 0.25) is 0 Å². The van der Waals surface area contributed by atoms with Crippen molar-refractivity contribution in [1.82, 2.24) is 5.32 Å². The van der Waals surface area contributed by atoms with Crippen LogP contribution in [-0.4, -0.2) is 17.6 Å². The van der Waals surface area contributed by atoms with E-state index < -0.39 is 0 Å². The van der Waals surface area contributed by atoms with E-state index in [4.69, 9.17) is 0 Å². The van der Waals surface area contributed by atoms with Crippen LogP contribution in [0.15, 0.2) is 18.2 Å². The summed E-state index contributed by atoms with van der Waals surface area (Å²) in [6.45, 7) is 2.55. The molecule has 0 heterocycles. The van der Waals surface area contributed by atoms with Gasteiger partial charge in [-0.25, -0.2) is 0 Å². The van der Waals surface area contributed by atoms with Crippen molar-refractivity contribution in [1.29, 1.82) is 0 Å². The zero-order chi connectivity index (χ0) is 13.7. The van der Waals surface area contributed by atoms with Crippen LogP contribution in [0.25, 0.3) is 0 Å². The molecule has 3 heteroatoms. The van der Waals surface area contributed by atoms with Crippen molar-refractivity contribution in [2.24, 2.45) is 5.92 Å². The minimum Gasteiger partial charge on any atom is -0.508 e. The fraction of sp³-hybridized carbons (Fsp3) is 0.562. The average molecular weight is 261 g/mol. The molecule has 0 aromatic heterocycles. The number of rotatable bonds is 4. The molecule has 0 spiro atoms. The molecule has 1 saturated carbocycles. The molecule has 104 valence electrons. The molecule has 2 rings (SSSR count). The van der Waals surface area contributed by atoms with Gasteiger partial charge in [0.15, 0.2) is 0 Å². The second kappa shape index (κ2) is 6.60. The highest BCUT2D eigenvalue weighted by molar-refractivity contribution is 5.94. The average Bonchev–Trinajstić information content (AvgIpc) is 2.43. The van der Waals surface area contributed by atoms with Gasteiger partial charge in [0, 0.05) is 12.1 Å². The number of carbonyl (C=O) groups is 1. The lowest BCUT2D eigenvalue weighted by molar-refractivity contribution is 0.0950. The molecule has 0 aliphatic heterocycles. The molecule has 1 amide bonds. The van der Waals surface area contributed by atoms with Crippen molar-refractivity contribution in [3.63, 3.8) is 0 Å². The second-order valence-corrected chi connectivity index (χ2v) is 5.55. The van der Waals surface area contributed by atoms with Gasteiger partial charge in [0.2, 0.25) is 0 Å². The molecule has 0 saturated heterocycles. The second-order valence-electron chi connectivity index (χ2n) is 5.55. The molecule has 3 nitrogen and oxygen atoms in total. The standard InChI is InChI=1S/C16H23NO2/c1-12-11-14(7-8-15(12)18)16(19)17-10-9-13-5-3-2-4-6-13/h7-8,11,13,18H,2-6,9-10H2,1H3,(H,17,19). The van der Waals surface area contributed by atoms with Crippen molar-refractivity contribution >= 4 is 5.91 Å². The van der Waals surface area contributed by atoms with E-state index in [0.29, 0.717) is 5.56 Å². The van der Waals surface area contributed by atoms with Crippen LogP contribution in [0, 0.1) is 12.8 Å². The van der Waals surface area contributed by atoms with Gasteiger partial charge in [-0.3, -0.25) is 4.79 Å². The first-order valence-corrected chi connectivity index (χ1v) is 7.24. The number of amides is 1. The normalized spacial score (nSPS) is 16.3. The first-order valence-electron chi connectivity index (χ1n) is 7.24. The maximum absolute atomic E-state index is 12.0. The summed E-state index contributed by atoms with van der Waals surface area (Å²) in [5, 5.41) is 12.4. The number of phenols is 1. The molecule has 0 atom stereocenters. The Bertz CT molecular complexity index is 436. The molecule has 0 unspecified atom stereocenters. The van der Waals surface area contributed by atoms with Gasteiger partial charge < -0.3 is 10.4 Å². The Kier molecular flexibility index (Phi) is 4.83. The Hall–Kier alpha value is -1.51. The van der Waals surface area contributed by atoms with Crippen molar-refractivity contribution in [3.8, 4) is 5.75 Å². The van der Waals surface area contributed by atoms with Gasteiger partial charge in [-0.2, -0.15) is 0 Å². The van der Waals surface area contributed by atoms with Crippen LogP contribution in [0.5, 0.6) is 5.75 Å². The fourth-order valence-corrected chi connectivity index (χ4v) is 2.76. The van der Waals surface area contributed by atoms with Crippen LogP contribution >= 0.6 is 0 Å². The minimum atomic E-state index is -0.0427. The van der Waals surface area contributed by atoms with E-state index in [1.165, 1.54) is 32.1 Å². The van der Waals surface area contributed by atoms with Crippen molar-refractivity contribution < 1.29 is 9.90 Å². The molecule has 1 aliphatic carbocycles. The fourth-order valence-electron chi connectivity index (χ4n) is 2.76. The van der Waals surface area contributed by atoms with Gasteiger partial charge >= 0.3 is 0 Å². The lowest BCUT2D eigenvalue weighted by atomic mass is 9.87. The summed E-state index contributed by atoms with van der Waals surface area (Å²) in [6, 6.07) is 4.97. The Morgan fingerprint density at radius 1 is 1.32 bits per heavy atom. The first-order chi connectivity index (χ1) is 9.16. The maximum Gasteiger partial charge on any atom is 0.251 e. The van der Waals surface area contributed by atoms with Gasteiger partial charge in [0.05, 0.1) is 0 Å². The van der Waals surface area contributed by atoms with E-state index in [-0.39, 0.29) is 11.7 Å². The van der Waals surface area contributed by atoms with Gasteiger partial charge in [-0.1, -0.05) is 32.1 Å². The van der Waals surface area contributed by atoms with Gasteiger partial charge in [-0.15, -0.1) is 0 Å².